The lowest BCUT2D eigenvalue weighted by Gasteiger charge is -2.27. The molecule has 0 saturated heterocycles. The van der Waals surface area contributed by atoms with Crippen LogP contribution in [0.2, 0.25) is 0 Å². The van der Waals surface area contributed by atoms with Gasteiger partial charge in [0.25, 0.3) is 5.91 Å². The molecule has 0 spiro atoms. The summed E-state index contributed by atoms with van der Waals surface area (Å²) in [4.78, 5) is 12.0. The zero-order valence-corrected chi connectivity index (χ0v) is 17.8. The number of halogens is 2. The number of hydrogen-bond donors (Lipinski definition) is 2. The Morgan fingerprint density at radius 3 is 2.53 bits per heavy atom. The normalized spacial score (nSPS) is 13.7. The van der Waals surface area contributed by atoms with Gasteiger partial charge in [0.15, 0.2) is 0 Å². The van der Waals surface area contributed by atoms with Crippen LogP contribution in [0.1, 0.15) is 25.5 Å². The van der Waals surface area contributed by atoms with Gasteiger partial charge in [-0.25, -0.2) is 0 Å². The number of nitrogens with one attached hydrogen (secondary N) is 2. The maximum absolute atomic E-state index is 13.6. The van der Waals surface area contributed by atoms with Gasteiger partial charge < -0.3 is 10.1 Å². The third-order valence-electron chi connectivity index (χ3n) is 5.38. The Morgan fingerprint density at radius 1 is 1.16 bits per heavy atom. The van der Waals surface area contributed by atoms with Crippen LogP contribution >= 0.6 is 0 Å². The molecule has 32 heavy (non-hydrogen) atoms. The van der Waals surface area contributed by atoms with Gasteiger partial charge in [-0.05, 0) is 42.3 Å². The maximum Gasteiger partial charge on any atom is 0.321 e. The number of alkyl halides is 2. The van der Waals surface area contributed by atoms with Gasteiger partial charge in [0.05, 0.1) is 37.1 Å². The molecule has 0 aliphatic carbocycles. The smallest absolute Gasteiger partial charge is 0.321 e. The standard InChI is InChI=1S/C23H23F2N5O2/c1-14(29-22(31)23(2,24)25)21(15-4-7-19(32-3)8-5-15)30-20-9-6-16(10-17(20)13-28-30)18-11-26-27-12-18/h4-14,21H,1-3H3,(H,26,27)(H,29,31)/t14-,21?/m1/s1. The maximum atomic E-state index is 13.6. The molecule has 9 heteroatoms. The van der Waals surface area contributed by atoms with Crippen LogP contribution in [0.4, 0.5) is 8.78 Å². The van der Waals surface area contributed by atoms with E-state index in [1.807, 2.05) is 30.3 Å². The van der Waals surface area contributed by atoms with Crippen LogP contribution in [-0.4, -0.2) is 45.0 Å². The van der Waals surface area contributed by atoms with Crippen molar-refractivity contribution in [1.82, 2.24) is 25.3 Å². The SMILES string of the molecule is COc1ccc(C([C@@H](C)NC(=O)C(C)(F)F)n2ncc3cc(-c4cn[nH]c4)ccc32)cc1. The molecule has 0 radical (unpaired) electrons. The highest BCUT2D eigenvalue weighted by molar-refractivity contribution is 5.85. The number of aromatic nitrogens is 4. The molecular formula is C23H23F2N5O2. The van der Waals surface area contributed by atoms with E-state index in [-0.39, 0.29) is 0 Å². The van der Waals surface area contributed by atoms with Gasteiger partial charge in [-0.3, -0.25) is 14.6 Å². The van der Waals surface area contributed by atoms with Gasteiger partial charge in [-0.1, -0.05) is 18.2 Å². The quantitative estimate of drug-likeness (QED) is 0.452. The predicted molar refractivity (Wildman–Crippen MR) is 117 cm³/mol. The van der Waals surface area contributed by atoms with E-state index < -0.39 is 23.9 Å². The molecule has 166 valence electrons. The van der Waals surface area contributed by atoms with E-state index in [1.165, 1.54) is 0 Å². The Balaban J connectivity index is 1.76. The second-order valence-corrected chi connectivity index (χ2v) is 7.72. The number of nitrogens with zero attached hydrogens (tertiary/aromatic N) is 3. The number of ether oxygens (including phenoxy) is 1. The first kappa shape index (κ1) is 21.5. The molecule has 2 atom stereocenters. The van der Waals surface area contributed by atoms with Gasteiger partial charge in [-0.2, -0.15) is 19.0 Å². The van der Waals surface area contributed by atoms with Crippen molar-refractivity contribution in [3.8, 4) is 16.9 Å². The lowest BCUT2D eigenvalue weighted by atomic mass is 9.99. The molecule has 0 saturated carbocycles. The molecule has 2 N–H and O–H groups in total. The Bertz CT molecular complexity index is 1210. The number of amides is 1. The van der Waals surface area contributed by atoms with Crippen molar-refractivity contribution < 1.29 is 18.3 Å². The summed E-state index contributed by atoms with van der Waals surface area (Å²) in [7, 11) is 1.57. The molecule has 7 nitrogen and oxygen atoms in total. The summed E-state index contributed by atoms with van der Waals surface area (Å²) in [6, 6.07) is 11.9. The number of carbonyl (C=O) groups is 1. The van der Waals surface area contributed by atoms with Gasteiger partial charge in [0.2, 0.25) is 0 Å². The molecule has 1 amide bonds. The topological polar surface area (TPSA) is 84.8 Å². The monoisotopic (exact) mass is 439 g/mol. The van der Waals surface area contributed by atoms with Crippen LogP contribution in [-0.2, 0) is 4.79 Å². The Labute approximate surface area is 183 Å². The fourth-order valence-corrected chi connectivity index (χ4v) is 3.72. The highest BCUT2D eigenvalue weighted by Crippen LogP contribution is 2.30. The highest BCUT2D eigenvalue weighted by atomic mass is 19.3. The summed E-state index contributed by atoms with van der Waals surface area (Å²) in [5, 5.41) is 14.6. The van der Waals surface area contributed by atoms with Crippen LogP contribution in [0.25, 0.3) is 22.0 Å². The Kier molecular flexibility index (Phi) is 5.65. The van der Waals surface area contributed by atoms with E-state index >= 15 is 0 Å². The first-order valence-electron chi connectivity index (χ1n) is 10.1. The predicted octanol–water partition coefficient (Wildman–Crippen LogP) is 4.18. The first-order chi connectivity index (χ1) is 15.3. The number of methoxy groups -OCH3 is 1. The number of carbonyl (C=O) groups excluding carboxylic acids is 1. The second-order valence-electron chi connectivity index (χ2n) is 7.72. The minimum absolute atomic E-state index is 0.524. The van der Waals surface area contributed by atoms with Crippen LogP contribution in [0.5, 0.6) is 5.75 Å². The minimum Gasteiger partial charge on any atom is -0.497 e. The van der Waals surface area contributed by atoms with E-state index in [1.54, 1.807) is 49.4 Å². The summed E-state index contributed by atoms with van der Waals surface area (Å²) in [5.74, 6) is -4.15. The van der Waals surface area contributed by atoms with Crippen molar-refractivity contribution in [2.45, 2.75) is 31.9 Å². The molecule has 0 aliphatic rings. The molecule has 1 unspecified atom stereocenters. The average Bonchev–Trinajstić information content (AvgIpc) is 3.44. The van der Waals surface area contributed by atoms with Gasteiger partial charge in [-0.15, -0.1) is 0 Å². The summed E-state index contributed by atoms with van der Waals surface area (Å²) < 4.78 is 34.1. The molecule has 2 heterocycles. The zero-order valence-electron chi connectivity index (χ0n) is 17.8. The van der Waals surface area contributed by atoms with Crippen molar-refractivity contribution in [1.29, 1.82) is 0 Å². The lowest BCUT2D eigenvalue weighted by Crippen LogP contribution is -2.46. The number of fused-ring (bicyclic) bond motifs is 1. The summed E-state index contributed by atoms with van der Waals surface area (Å²) >= 11 is 0. The lowest BCUT2D eigenvalue weighted by molar-refractivity contribution is -0.143. The van der Waals surface area contributed by atoms with E-state index in [9.17, 15) is 13.6 Å². The second kappa shape index (κ2) is 8.41. The number of aromatic amines is 1. The largest absolute Gasteiger partial charge is 0.497 e. The number of rotatable bonds is 7. The van der Waals surface area contributed by atoms with Crippen molar-refractivity contribution in [2.24, 2.45) is 0 Å². The van der Waals surface area contributed by atoms with Crippen LogP contribution in [0.15, 0.2) is 61.1 Å². The Hall–Kier alpha value is -3.75. The molecule has 2 aromatic carbocycles. The number of benzene rings is 2. The van der Waals surface area contributed by atoms with Crippen molar-refractivity contribution in [3.63, 3.8) is 0 Å². The average molecular weight is 439 g/mol. The first-order valence-corrected chi connectivity index (χ1v) is 10.1. The van der Waals surface area contributed by atoms with Gasteiger partial charge >= 0.3 is 5.92 Å². The van der Waals surface area contributed by atoms with Crippen molar-refractivity contribution >= 4 is 16.8 Å². The van der Waals surface area contributed by atoms with Crippen molar-refractivity contribution in [3.05, 3.63) is 66.6 Å². The highest BCUT2D eigenvalue weighted by Gasteiger charge is 2.35. The fourth-order valence-electron chi connectivity index (χ4n) is 3.72. The molecule has 4 aromatic rings. The molecule has 2 aromatic heterocycles. The molecule has 0 bridgehead atoms. The van der Waals surface area contributed by atoms with Crippen LogP contribution < -0.4 is 10.1 Å². The summed E-state index contributed by atoms with van der Waals surface area (Å²) in [5.41, 5.74) is 3.51. The van der Waals surface area contributed by atoms with E-state index in [2.05, 4.69) is 20.6 Å². The van der Waals surface area contributed by atoms with Gasteiger partial charge in [0, 0.05) is 24.1 Å². The van der Waals surface area contributed by atoms with E-state index in [0.717, 1.165) is 27.6 Å². The molecule has 0 aliphatic heterocycles. The third kappa shape index (κ3) is 4.18. The zero-order chi connectivity index (χ0) is 22.9. The van der Waals surface area contributed by atoms with Gasteiger partial charge in [0.1, 0.15) is 5.75 Å². The summed E-state index contributed by atoms with van der Waals surface area (Å²) in [6.45, 7) is 2.27. The van der Waals surface area contributed by atoms with E-state index in [4.69, 9.17) is 4.74 Å². The fraction of sp³-hybridized carbons (Fsp3) is 0.261. The minimum atomic E-state index is -3.48. The summed E-state index contributed by atoms with van der Waals surface area (Å²) in [6.07, 6.45) is 5.25. The number of hydrogen-bond acceptors (Lipinski definition) is 4. The molecule has 0 fully saturated rings. The molecule has 4 rings (SSSR count). The van der Waals surface area contributed by atoms with Crippen molar-refractivity contribution in [2.75, 3.05) is 7.11 Å². The van der Waals surface area contributed by atoms with Crippen LogP contribution in [0, 0.1) is 0 Å². The number of H-pyrrole nitrogens is 1. The van der Waals surface area contributed by atoms with Crippen LogP contribution in [0.3, 0.4) is 0 Å². The third-order valence-corrected chi connectivity index (χ3v) is 5.38. The molecular weight excluding hydrogens is 416 g/mol. The van der Waals surface area contributed by atoms with E-state index in [0.29, 0.717) is 12.7 Å². The Morgan fingerprint density at radius 2 is 1.91 bits per heavy atom.